The minimum absolute atomic E-state index is 0. The van der Waals surface area contributed by atoms with E-state index >= 15 is 0 Å². The van der Waals surface area contributed by atoms with Crippen molar-refractivity contribution in [2.75, 3.05) is 25.4 Å². The monoisotopic (exact) mass is 324 g/mol. The van der Waals surface area contributed by atoms with E-state index in [1.807, 2.05) is 4.31 Å². The number of hydrogen-bond donors (Lipinski definition) is 1. The first-order chi connectivity index (χ1) is 9.13. The summed E-state index contributed by atoms with van der Waals surface area (Å²) >= 11 is 0. The molecule has 2 aliphatic rings. The predicted octanol–water partition coefficient (Wildman–Crippen LogP) is 2.39. The third-order valence-corrected chi connectivity index (χ3v) is 6.47. The smallest absolute Gasteiger partial charge is 0.214 e. The van der Waals surface area contributed by atoms with Gasteiger partial charge < -0.3 is 5.32 Å². The summed E-state index contributed by atoms with van der Waals surface area (Å²) in [5, 5.41) is 3.31. The number of nitrogens with one attached hydrogen (secondary N) is 1. The molecule has 1 saturated carbocycles. The first kappa shape index (κ1) is 18.2. The largest absolute Gasteiger partial charge is 0.317 e. The Morgan fingerprint density at radius 2 is 1.80 bits per heavy atom. The third-order valence-electron chi connectivity index (χ3n) is 4.53. The second-order valence-corrected chi connectivity index (χ2v) is 8.03. The normalized spacial score (nSPS) is 21.5. The standard InChI is InChI=1S/C14H28N2O2S.ClH/c1-2-11-16(14-6-9-15-10-7-14)19(17,18)12-8-13-4-3-5-13;/h13-15H,2-12H2,1H3;1H. The quantitative estimate of drug-likeness (QED) is 0.782. The molecule has 1 N–H and O–H groups in total. The lowest BCUT2D eigenvalue weighted by molar-refractivity contribution is 0.258. The minimum Gasteiger partial charge on any atom is -0.317 e. The van der Waals surface area contributed by atoms with Gasteiger partial charge >= 0.3 is 0 Å². The molecule has 120 valence electrons. The van der Waals surface area contributed by atoms with E-state index in [9.17, 15) is 8.42 Å². The van der Waals surface area contributed by atoms with Crippen LogP contribution in [0.2, 0.25) is 0 Å². The molecule has 2 fully saturated rings. The van der Waals surface area contributed by atoms with Gasteiger partial charge in [0.2, 0.25) is 10.0 Å². The number of nitrogens with zero attached hydrogens (tertiary/aromatic N) is 1. The molecule has 0 amide bonds. The van der Waals surface area contributed by atoms with Gasteiger partial charge in [0.15, 0.2) is 0 Å². The maximum atomic E-state index is 12.6. The summed E-state index contributed by atoms with van der Waals surface area (Å²) in [5.41, 5.74) is 0. The molecule has 1 aliphatic heterocycles. The lowest BCUT2D eigenvalue weighted by atomic mass is 9.84. The van der Waals surface area contributed by atoms with Crippen LogP contribution in [-0.2, 0) is 10.0 Å². The highest BCUT2D eigenvalue weighted by Crippen LogP contribution is 2.30. The molecule has 0 spiro atoms. The van der Waals surface area contributed by atoms with Crippen LogP contribution in [0.15, 0.2) is 0 Å². The molecule has 0 unspecified atom stereocenters. The average Bonchev–Trinajstić information content (AvgIpc) is 2.34. The SMILES string of the molecule is CCCN(C1CCNCC1)S(=O)(=O)CCC1CCC1.Cl. The van der Waals surface area contributed by atoms with Gasteiger partial charge in [0.1, 0.15) is 0 Å². The Balaban J connectivity index is 0.00000200. The zero-order valence-corrected chi connectivity index (χ0v) is 14.1. The first-order valence-electron chi connectivity index (χ1n) is 7.83. The molecule has 1 aliphatic carbocycles. The minimum atomic E-state index is -3.05. The molecule has 2 rings (SSSR count). The Labute approximate surface area is 130 Å². The van der Waals surface area contributed by atoms with Crippen molar-refractivity contribution < 1.29 is 8.42 Å². The number of hydrogen-bond acceptors (Lipinski definition) is 3. The van der Waals surface area contributed by atoms with Crippen LogP contribution >= 0.6 is 12.4 Å². The van der Waals surface area contributed by atoms with Crippen molar-refractivity contribution in [3.63, 3.8) is 0 Å². The number of halogens is 1. The Hall–Kier alpha value is 0.160. The summed E-state index contributed by atoms with van der Waals surface area (Å²) in [4.78, 5) is 0. The van der Waals surface area contributed by atoms with Crippen molar-refractivity contribution in [2.24, 2.45) is 5.92 Å². The van der Waals surface area contributed by atoms with Gasteiger partial charge in [-0.1, -0.05) is 26.2 Å². The second-order valence-electron chi connectivity index (χ2n) is 5.99. The van der Waals surface area contributed by atoms with Crippen LogP contribution in [0, 0.1) is 5.92 Å². The maximum Gasteiger partial charge on any atom is 0.214 e. The molecule has 0 aromatic rings. The summed E-state index contributed by atoms with van der Waals surface area (Å²) < 4.78 is 27.0. The predicted molar refractivity (Wildman–Crippen MR) is 85.9 cm³/mol. The lowest BCUT2D eigenvalue weighted by Crippen LogP contribution is -2.47. The zero-order valence-electron chi connectivity index (χ0n) is 12.5. The second kappa shape index (κ2) is 8.57. The number of piperidine rings is 1. The Morgan fingerprint density at radius 1 is 1.15 bits per heavy atom. The lowest BCUT2D eigenvalue weighted by Gasteiger charge is -2.34. The summed E-state index contributed by atoms with van der Waals surface area (Å²) in [6.07, 6.45) is 7.45. The fraction of sp³-hybridized carbons (Fsp3) is 1.00. The van der Waals surface area contributed by atoms with Gasteiger partial charge in [0.05, 0.1) is 5.75 Å². The Kier molecular flexibility index (Phi) is 7.80. The molecule has 20 heavy (non-hydrogen) atoms. The molecule has 0 bridgehead atoms. The fourth-order valence-electron chi connectivity index (χ4n) is 3.08. The third kappa shape index (κ3) is 4.86. The number of rotatable bonds is 7. The average molecular weight is 325 g/mol. The van der Waals surface area contributed by atoms with Gasteiger partial charge in [-0.05, 0) is 44.7 Å². The summed E-state index contributed by atoms with van der Waals surface area (Å²) in [6, 6.07) is 0.229. The van der Waals surface area contributed by atoms with Crippen LogP contribution in [0.3, 0.4) is 0 Å². The van der Waals surface area contributed by atoms with Crippen molar-refractivity contribution in [2.45, 2.75) is 57.9 Å². The van der Waals surface area contributed by atoms with Gasteiger partial charge in [-0.2, -0.15) is 4.31 Å². The summed E-state index contributed by atoms with van der Waals surface area (Å²) in [5.74, 6) is 1.04. The van der Waals surface area contributed by atoms with E-state index in [0.717, 1.165) is 38.8 Å². The zero-order chi connectivity index (χ0) is 13.7. The van der Waals surface area contributed by atoms with Crippen LogP contribution in [0.25, 0.3) is 0 Å². The molecular weight excluding hydrogens is 296 g/mol. The van der Waals surface area contributed by atoms with Crippen LogP contribution in [0.4, 0.5) is 0 Å². The maximum absolute atomic E-state index is 12.6. The highest BCUT2D eigenvalue weighted by atomic mass is 35.5. The van der Waals surface area contributed by atoms with E-state index in [-0.39, 0.29) is 18.4 Å². The van der Waals surface area contributed by atoms with Crippen LogP contribution in [0.1, 0.15) is 51.9 Å². The van der Waals surface area contributed by atoms with Crippen LogP contribution in [-0.4, -0.2) is 44.2 Å². The molecule has 0 aromatic heterocycles. The first-order valence-corrected chi connectivity index (χ1v) is 9.44. The van der Waals surface area contributed by atoms with E-state index in [4.69, 9.17) is 0 Å². The topological polar surface area (TPSA) is 49.4 Å². The van der Waals surface area contributed by atoms with Gasteiger partial charge in [-0.15, -0.1) is 12.4 Å². The van der Waals surface area contributed by atoms with E-state index in [1.165, 1.54) is 19.3 Å². The van der Waals surface area contributed by atoms with Gasteiger partial charge in [0, 0.05) is 12.6 Å². The highest BCUT2D eigenvalue weighted by Gasteiger charge is 2.31. The van der Waals surface area contributed by atoms with Crippen molar-refractivity contribution in [1.29, 1.82) is 0 Å². The molecule has 6 heteroatoms. The van der Waals surface area contributed by atoms with E-state index in [2.05, 4.69) is 12.2 Å². The Morgan fingerprint density at radius 3 is 2.30 bits per heavy atom. The highest BCUT2D eigenvalue weighted by molar-refractivity contribution is 7.89. The molecule has 0 atom stereocenters. The molecule has 4 nitrogen and oxygen atoms in total. The van der Waals surface area contributed by atoms with E-state index < -0.39 is 10.0 Å². The van der Waals surface area contributed by atoms with Gasteiger partial charge in [-0.25, -0.2) is 8.42 Å². The van der Waals surface area contributed by atoms with Crippen molar-refractivity contribution in [3.05, 3.63) is 0 Å². The van der Waals surface area contributed by atoms with E-state index in [1.54, 1.807) is 0 Å². The summed E-state index contributed by atoms with van der Waals surface area (Å²) in [7, 11) is -3.05. The van der Waals surface area contributed by atoms with E-state index in [0.29, 0.717) is 18.2 Å². The molecule has 0 aromatic carbocycles. The van der Waals surface area contributed by atoms with Crippen molar-refractivity contribution >= 4 is 22.4 Å². The Bertz CT molecular complexity index is 365. The van der Waals surface area contributed by atoms with Crippen molar-refractivity contribution in [1.82, 2.24) is 9.62 Å². The molecular formula is C14H29ClN2O2S. The number of sulfonamides is 1. The van der Waals surface area contributed by atoms with Crippen LogP contribution in [0.5, 0.6) is 0 Å². The van der Waals surface area contributed by atoms with Gasteiger partial charge in [0.25, 0.3) is 0 Å². The molecule has 1 saturated heterocycles. The van der Waals surface area contributed by atoms with Gasteiger partial charge in [-0.3, -0.25) is 0 Å². The molecule has 1 heterocycles. The molecule has 0 radical (unpaired) electrons. The fourth-order valence-corrected chi connectivity index (χ4v) is 5.07. The van der Waals surface area contributed by atoms with Crippen molar-refractivity contribution in [3.8, 4) is 0 Å². The van der Waals surface area contributed by atoms with Crippen LogP contribution < -0.4 is 5.32 Å². The summed E-state index contributed by atoms with van der Waals surface area (Å²) in [6.45, 7) is 4.65.